The third kappa shape index (κ3) is 5.31. The molecule has 7 nitrogen and oxygen atoms in total. The number of carbonyl (C=O) groups excluding carboxylic acids is 1. The number of aliphatic carboxylic acids is 1. The first-order valence-corrected chi connectivity index (χ1v) is 6.63. The summed E-state index contributed by atoms with van der Waals surface area (Å²) < 4.78 is 0. The van der Waals surface area contributed by atoms with Gasteiger partial charge in [0, 0.05) is 19.3 Å². The lowest BCUT2D eigenvalue weighted by molar-refractivity contribution is -0.135. The number of carboxylic acids is 1. The quantitative estimate of drug-likeness (QED) is 0.651. The van der Waals surface area contributed by atoms with Crippen molar-refractivity contribution in [3.8, 4) is 5.75 Å². The van der Waals surface area contributed by atoms with Crippen molar-refractivity contribution in [2.45, 2.75) is 6.42 Å². The Balaban J connectivity index is 2.83. The van der Waals surface area contributed by atoms with Gasteiger partial charge in [0.2, 0.25) is 0 Å². The average Bonchev–Trinajstić information content (AvgIpc) is 2.45. The molecule has 0 unspecified atom stereocenters. The van der Waals surface area contributed by atoms with Gasteiger partial charge in [-0.25, -0.2) is 4.79 Å². The van der Waals surface area contributed by atoms with Crippen molar-refractivity contribution in [2.24, 2.45) is 0 Å². The molecule has 21 heavy (non-hydrogen) atoms. The number of rotatable bonds is 7. The molecule has 2 amide bonds. The Bertz CT molecular complexity index is 476. The van der Waals surface area contributed by atoms with Crippen LogP contribution >= 0.6 is 0 Å². The van der Waals surface area contributed by atoms with Crippen LogP contribution in [0.3, 0.4) is 0 Å². The SMILES string of the molecule is CNCCCN(C)C(=O)N(CC(=O)O)c1ccc(O)cc1. The zero-order chi connectivity index (χ0) is 15.8. The molecule has 0 spiro atoms. The minimum atomic E-state index is -1.10. The highest BCUT2D eigenvalue weighted by atomic mass is 16.4. The van der Waals surface area contributed by atoms with Gasteiger partial charge in [-0.3, -0.25) is 9.69 Å². The Morgan fingerprint density at radius 2 is 1.86 bits per heavy atom. The lowest BCUT2D eigenvalue weighted by Crippen LogP contribution is -2.44. The molecule has 1 rings (SSSR count). The number of urea groups is 1. The molecule has 0 bridgehead atoms. The normalized spacial score (nSPS) is 10.2. The summed E-state index contributed by atoms with van der Waals surface area (Å²) in [6.07, 6.45) is 0.773. The summed E-state index contributed by atoms with van der Waals surface area (Å²) in [5.41, 5.74) is 0.431. The second kappa shape index (κ2) is 8.11. The summed E-state index contributed by atoms with van der Waals surface area (Å²) in [6.45, 7) is 0.865. The van der Waals surface area contributed by atoms with Crippen molar-refractivity contribution in [1.29, 1.82) is 0 Å². The maximum Gasteiger partial charge on any atom is 0.324 e. The van der Waals surface area contributed by atoms with Crippen LogP contribution in [0, 0.1) is 0 Å². The minimum absolute atomic E-state index is 0.0591. The van der Waals surface area contributed by atoms with E-state index in [1.807, 2.05) is 7.05 Å². The Kier molecular flexibility index (Phi) is 6.48. The molecule has 7 heteroatoms. The number of nitrogens with zero attached hydrogens (tertiary/aromatic N) is 2. The number of phenolic OH excluding ortho intramolecular Hbond substituents is 1. The van der Waals surface area contributed by atoms with Crippen LogP contribution < -0.4 is 10.2 Å². The number of hydrogen-bond donors (Lipinski definition) is 3. The number of carboxylic acid groups (broad SMARTS) is 1. The van der Waals surface area contributed by atoms with E-state index in [2.05, 4.69) is 5.32 Å². The third-order valence-corrected chi connectivity index (χ3v) is 2.93. The van der Waals surface area contributed by atoms with Crippen molar-refractivity contribution in [1.82, 2.24) is 10.2 Å². The molecule has 1 aromatic carbocycles. The predicted octanol–water partition coefficient (Wildman–Crippen LogP) is 0.945. The van der Waals surface area contributed by atoms with Gasteiger partial charge in [0.05, 0.1) is 0 Å². The van der Waals surface area contributed by atoms with E-state index in [0.717, 1.165) is 13.0 Å². The number of benzene rings is 1. The molecule has 0 saturated heterocycles. The topological polar surface area (TPSA) is 93.1 Å². The number of aromatic hydroxyl groups is 1. The summed E-state index contributed by atoms with van der Waals surface area (Å²) in [4.78, 5) is 26.0. The smallest absolute Gasteiger partial charge is 0.324 e. The number of phenols is 1. The van der Waals surface area contributed by atoms with Crippen LogP contribution in [-0.2, 0) is 4.79 Å². The first-order valence-electron chi connectivity index (χ1n) is 6.63. The molecule has 0 aliphatic carbocycles. The molecule has 1 aromatic rings. The van der Waals surface area contributed by atoms with Crippen LogP contribution in [0.2, 0.25) is 0 Å². The Labute approximate surface area is 123 Å². The zero-order valence-electron chi connectivity index (χ0n) is 12.2. The minimum Gasteiger partial charge on any atom is -0.508 e. The van der Waals surface area contributed by atoms with Crippen LogP contribution in [0.1, 0.15) is 6.42 Å². The van der Waals surface area contributed by atoms with E-state index in [9.17, 15) is 14.7 Å². The summed E-state index contributed by atoms with van der Waals surface area (Å²) in [6, 6.07) is 5.46. The van der Waals surface area contributed by atoms with Gasteiger partial charge in [-0.05, 0) is 44.3 Å². The predicted molar refractivity (Wildman–Crippen MR) is 79.7 cm³/mol. The summed E-state index contributed by atoms with van der Waals surface area (Å²) >= 11 is 0. The van der Waals surface area contributed by atoms with Crippen LogP contribution in [0.4, 0.5) is 10.5 Å². The van der Waals surface area contributed by atoms with Crippen molar-refractivity contribution in [3.63, 3.8) is 0 Å². The molecular weight excluding hydrogens is 274 g/mol. The summed E-state index contributed by atoms with van der Waals surface area (Å²) in [5, 5.41) is 21.2. The highest BCUT2D eigenvalue weighted by Crippen LogP contribution is 2.19. The fraction of sp³-hybridized carbons (Fsp3) is 0.429. The lowest BCUT2D eigenvalue weighted by atomic mass is 10.2. The Morgan fingerprint density at radius 3 is 2.38 bits per heavy atom. The van der Waals surface area contributed by atoms with Gasteiger partial charge in [0.15, 0.2) is 0 Å². The average molecular weight is 295 g/mol. The van der Waals surface area contributed by atoms with Gasteiger partial charge >= 0.3 is 12.0 Å². The van der Waals surface area contributed by atoms with E-state index in [1.54, 1.807) is 7.05 Å². The number of carbonyl (C=O) groups is 2. The number of hydrogen-bond acceptors (Lipinski definition) is 4. The fourth-order valence-electron chi connectivity index (χ4n) is 1.83. The van der Waals surface area contributed by atoms with Crippen molar-refractivity contribution >= 4 is 17.7 Å². The van der Waals surface area contributed by atoms with Gasteiger partial charge in [-0.2, -0.15) is 0 Å². The van der Waals surface area contributed by atoms with Crippen LogP contribution in [0.15, 0.2) is 24.3 Å². The van der Waals surface area contributed by atoms with Gasteiger partial charge < -0.3 is 20.4 Å². The van der Waals surface area contributed by atoms with Crippen LogP contribution in [-0.4, -0.2) is 60.8 Å². The van der Waals surface area contributed by atoms with Crippen molar-refractivity contribution in [3.05, 3.63) is 24.3 Å². The molecule has 0 aliphatic rings. The van der Waals surface area contributed by atoms with Crippen LogP contribution in [0.5, 0.6) is 5.75 Å². The molecule has 0 atom stereocenters. The molecule has 0 aliphatic heterocycles. The van der Waals surface area contributed by atoms with Crippen LogP contribution in [0.25, 0.3) is 0 Å². The lowest BCUT2D eigenvalue weighted by Gasteiger charge is -2.27. The van der Waals surface area contributed by atoms with E-state index in [0.29, 0.717) is 12.2 Å². The second-order valence-corrected chi connectivity index (χ2v) is 4.66. The highest BCUT2D eigenvalue weighted by Gasteiger charge is 2.22. The molecule has 0 heterocycles. The van der Waals surface area contributed by atoms with Crippen molar-refractivity contribution in [2.75, 3.05) is 38.6 Å². The van der Waals surface area contributed by atoms with E-state index in [1.165, 1.54) is 34.1 Å². The van der Waals surface area contributed by atoms with E-state index in [-0.39, 0.29) is 11.8 Å². The third-order valence-electron chi connectivity index (χ3n) is 2.93. The van der Waals surface area contributed by atoms with E-state index < -0.39 is 12.5 Å². The number of amides is 2. The van der Waals surface area contributed by atoms with Gasteiger partial charge in [-0.1, -0.05) is 0 Å². The van der Waals surface area contributed by atoms with Gasteiger partial charge in [0.1, 0.15) is 12.3 Å². The fourth-order valence-corrected chi connectivity index (χ4v) is 1.83. The standard InChI is InChI=1S/C14H21N3O4/c1-15-8-3-9-16(2)14(21)17(10-13(19)20)11-4-6-12(18)7-5-11/h4-7,15,18H,3,8-10H2,1-2H3,(H,19,20). The maximum atomic E-state index is 12.4. The highest BCUT2D eigenvalue weighted by molar-refractivity contribution is 5.96. The molecule has 3 N–H and O–H groups in total. The molecule has 0 saturated carbocycles. The summed E-state index contributed by atoms with van der Waals surface area (Å²) in [7, 11) is 3.46. The monoisotopic (exact) mass is 295 g/mol. The second-order valence-electron chi connectivity index (χ2n) is 4.66. The molecule has 116 valence electrons. The molecule has 0 radical (unpaired) electrons. The molecule has 0 fully saturated rings. The van der Waals surface area contributed by atoms with Gasteiger partial charge in [-0.15, -0.1) is 0 Å². The summed E-state index contributed by atoms with van der Waals surface area (Å²) in [5.74, 6) is -1.04. The Hall–Kier alpha value is -2.28. The molecular formula is C14H21N3O4. The van der Waals surface area contributed by atoms with Gasteiger partial charge in [0.25, 0.3) is 0 Å². The number of anilines is 1. The van der Waals surface area contributed by atoms with E-state index >= 15 is 0 Å². The maximum absolute atomic E-state index is 12.4. The molecule has 0 aromatic heterocycles. The first-order chi connectivity index (χ1) is 9.95. The van der Waals surface area contributed by atoms with E-state index in [4.69, 9.17) is 5.11 Å². The Morgan fingerprint density at radius 1 is 1.24 bits per heavy atom. The first kappa shape index (κ1) is 16.8. The largest absolute Gasteiger partial charge is 0.508 e. The number of nitrogens with one attached hydrogen (secondary N) is 1. The zero-order valence-corrected chi connectivity index (χ0v) is 12.2. The van der Waals surface area contributed by atoms with Crippen molar-refractivity contribution < 1.29 is 19.8 Å².